The average Bonchev–Trinajstić information content (AvgIpc) is 3.15. The molecule has 3 aliphatic rings. The molecule has 1 aromatic heterocycles. The van der Waals surface area contributed by atoms with Crippen molar-refractivity contribution in [1.29, 1.82) is 0 Å². The van der Waals surface area contributed by atoms with E-state index in [0.717, 1.165) is 31.2 Å². The third kappa shape index (κ3) is 3.68. The number of allylic oxidation sites excluding steroid dienone is 2. The highest BCUT2D eigenvalue weighted by Crippen LogP contribution is 2.63. The molecule has 0 spiro atoms. The van der Waals surface area contributed by atoms with Crippen LogP contribution in [0.1, 0.15) is 74.1 Å². The van der Waals surface area contributed by atoms with Crippen LogP contribution in [0.3, 0.4) is 0 Å². The maximum Gasteiger partial charge on any atom is 0.306 e. The molecule has 168 valence electrons. The Labute approximate surface area is 190 Å². The first-order chi connectivity index (χ1) is 15.5. The second-order valence-corrected chi connectivity index (χ2v) is 9.96. The van der Waals surface area contributed by atoms with Crippen LogP contribution in [0.4, 0.5) is 4.39 Å². The van der Waals surface area contributed by atoms with Crippen molar-refractivity contribution in [2.24, 2.45) is 17.3 Å². The van der Waals surface area contributed by atoms with Gasteiger partial charge >= 0.3 is 5.97 Å². The van der Waals surface area contributed by atoms with Gasteiger partial charge in [-0.05, 0) is 103 Å². The lowest BCUT2D eigenvalue weighted by atomic mass is 9.54. The van der Waals surface area contributed by atoms with Gasteiger partial charge in [-0.3, -0.25) is 9.78 Å². The van der Waals surface area contributed by atoms with Crippen LogP contribution in [-0.4, -0.2) is 17.6 Å². The van der Waals surface area contributed by atoms with E-state index in [1.54, 1.807) is 6.07 Å². The topological polar surface area (TPSA) is 39.2 Å². The maximum atomic E-state index is 13.9. The summed E-state index contributed by atoms with van der Waals surface area (Å²) >= 11 is 0. The number of benzene rings is 1. The molecule has 1 heterocycles. The number of halogens is 1. The molecule has 1 aromatic carbocycles. The third-order valence-electron chi connectivity index (χ3n) is 8.31. The highest BCUT2D eigenvalue weighted by Gasteiger charge is 2.51. The largest absolute Gasteiger partial charge is 0.466 e. The van der Waals surface area contributed by atoms with E-state index in [4.69, 9.17) is 4.74 Å². The van der Waals surface area contributed by atoms with Gasteiger partial charge in [0.25, 0.3) is 0 Å². The molecule has 3 nitrogen and oxygen atoms in total. The Bertz CT molecular complexity index is 1060. The summed E-state index contributed by atoms with van der Waals surface area (Å²) in [5.41, 5.74) is 6.58. The standard InChI is InChI=1S/C28H32FNO2/c1-3-32-27(31)11-5-18-4-7-22-19(14-18)6-8-24-23(22)12-13-28(2)25(9-10-26(24)28)20-15-21(29)17-30-16-20/h4,7,9,14-17,23-24,26H,3,5-6,8,10-13H2,1-2H3/t23?,24?,26?,28-/m1/s1. The van der Waals surface area contributed by atoms with Gasteiger partial charge in [-0.2, -0.15) is 0 Å². The van der Waals surface area contributed by atoms with Crippen LogP contribution in [0.5, 0.6) is 0 Å². The molecule has 3 unspecified atom stereocenters. The zero-order chi connectivity index (χ0) is 22.3. The van der Waals surface area contributed by atoms with Crippen molar-refractivity contribution in [1.82, 2.24) is 4.98 Å². The van der Waals surface area contributed by atoms with Crippen molar-refractivity contribution in [3.63, 3.8) is 0 Å². The number of hydrogen-bond acceptors (Lipinski definition) is 3. The molecule has 3 aliphatic carbocycles. The van der Waals surface area contributed by atoms with E-state index in [-0.39, 0.29) is 17.2 Å². The lowest BCUT2D eigenvalue weighted by molar-refractivity contribution is -0.143. The van der Waals surface area contributed by atoms with Crippen LogP contribution in [0.25, 0.3) is 5.57 Å². The average molecular weight is 434 g/mol. The van der Waals surface area contributed by atoms with Crippen LogP contribution in [0.2, 0.25) is 0 Å². The van der Waals surface area contributed by atoms with Crippen LogP contribution in [0.15, 0.2) is 42.7 Å². The third-order valence-corrected chi connectivity index (χ3v) is 8.31. The summed E-state index contributed by atoms with van der Waals surface area (Å²) < 4.78 is 18.9. The second-order valence-electron chi connectivity index (χ2n) is 9.96. The van der Waals surface area contributed by atoms with Gasteiger partial charge in [0.15, 0.2) is 0 Å². The smallest absolute Gasteiger partial charge is 0.306 e. The Morgan fingerprint density at radius 2 is 2.12 bits per heavy atom. The number of hydrogen-bond donors (Lipinski definition) is 0. The molecular weight excluding hydrogens is 401 g/mol. The van der Waals surface area contributed by atoms with Crippen molar-refractivity contribution in [3.05, 3.63) is 70.8 Å². The van der Waals surface area contributed by atoms with Gasteiger partial charge in [0.2, 0.25) is 0 Å². The Balaban J connectivity index is 1.34. The maximum absolute atomic E-state index is 13.9. The monoisotopic (exact) mass is 433 g/mol. The number of aryl methyl sites for hydroxylation is 2. The number of carbonyl (C=O) groups excluding carboxylic acids is 1. The van der Waals surface area contributed by atoms with Crippen molar-refractivity contribution in [2.45, 2.75) is 64.7 Å². The highest BCUT2D eigenvalue weighted by molar-refractivity contribution is 5.72. The quantitative estimate of drug-likeness (QED) is 0.522. The van der Waals surface area contributed by atoms with Gasteiger partial charge < -0.3 is 4.74 Å². The van der Waals surface area contributed by atoms with Crippen LogP contribution in [0, 0.1) is 23.1 Å². The molecule has 4 heteroatoms. The van der Waals surface area contributed by atoms with E-state index >= 15 is 0 Å². The zero-order valence-electron chi connectivity index (χ0n) is 19.1. The fraction of sp³-hybridized carbons (Fsp3) is 0.500. The van der Waals surface area contributed by atoms with Crippen LogP contribution >= 0.6 is 0 Å². The molecule has 0 N–H and O–H groups in total. The molecule has 1 saturated carbocycles. The predicted octanol–water partition coefficient (Wildman–Crippen LogP) is 6.27. The minimum absolute atomic E-state index is 0.105. The number of rotatable bonds is 5. The van der Waals surface area contributed by atoms with Crippen LogP contribution in [-0.2, 0) is 22.4 Å². The number of ether oxygens (including phenoxy) is 1. The molecule has 0 aliphatic heterocycles. The molecule has 5 rings (SSSR count). The fourth-order valence-corrected chi connectivity index (χ4v) is 6.84. The minimum atomic E-state index is -0.255. The summed E-state index contributed by atoms with van der Waals surface area (Å²) in [7, 11) is 0. The van der Waals surface area contributed by atoms with Crippen molar-refractivity contribution < 1.29 is 13.9 Å². The molecule has 0 amide bonds. The Hall–Kier alpha value is -2.49. The second kappa shape index (κ2) is 8.46. The lowest BCUT2D eigenvalue weighted by Gasteiger charge is -2.50. The van der Waals surface area contributed by atoms with Gasteiger partial charge in [-0.15, -0.1) is 0 Å². The first kappa shape index (κ1) is 21.4. The summed E-state index contributed by atoms with van der Waals surface area (Å²) in [6.07, 6.45) is 12.4. The van der Waals surface area contributed by atoms with Gasteiger partial charge in [0.05, 0.1) is 12.8 Å². The molecule has 0 saturated heterocycles. The zero-order valence-corrected chi connectivity index (χ0v) is 19.1. The van der Waals surface area contributed by atoms with Crippen molar-refractivity contribution in [3.8, 4) is 0 Å². The number of fused-ring (bicyclic) bond motifs is 5. The molecule has 0 radical (unpaired) electrons. The van der Waals surface area contributed by atoms with Crippen molar-refractivity contribution >= 4 is 11.5 Å². The SMILES string of the molecule is CCOC(=O)CCc1ccc2c(c1)CCC1C2CC[C@]2(C)C(c3cncc(F)c3)=CCC12. The summed E-state index contributed by atoms with van der Waals surface area (Å²) in [4.78, 5) is 15.8. The summed E-state index contributed by atoms with van der Waals surface area (Å²) in [5, 5.41) is 0. The van der Waals surface area contributed by atoms with Crippen LogP contribution < -0.4 is 0 Å². The molecule has 0 bridgehead atoms. The van der Waals surface area contributed by atoms with E-state index in [2.05, 4.69) is 36.2 Å². The summed E-state index contributed by atoms with van der Waals surface area (Å²) in [6, 6.07) is 8.52. The molecule has 32 heavy (non-hydrogen) atoms. The fourth-order valence-electron chi connectivity index (χ4n) is 6.84. The van der Waals surface area contributed by atoms with E-state index in [1.165, 1.54) is 41.3 Å². The Kier molecular flexibility index (Phi) is 5.65. The molecule has 2 aromatic rings. The number of nitrogens with zero attached hydrogens (tertiary/aromatic N) is 1. The molecule has 4 atom stereocenters. The number of pyridine rings is 1. The lowest BCUT2D eigenvalue weighted by Crippen LogP contribution is -2.40. The summed E-state index contributed by atoms with van der Waals surface area (Å²) in [6.45, 7) is 4.68. The van der Waals surface area contributed by atoms with Gasteiger partial charge in [-0.1, -0.05) is 31.2 Å². The van der Waals surface area contributed by atoms with Gasteiger partial charge in [0.1, 0.15) is 5.82 Å². The number of esters is 1. The highest BCUT2D eigenvalue weighted by atomic mass is 19.1. The molecular formula is C28H32FNO2. The molecule has 1 fully saturated rings. The minimum Gasteiger partial charge on any atom is -0.466 e. The Morgan fingerprint density at radius 1 is 1.25 bits per heavy atom. The summed E-state index contributed by atoms with van der Waals surface area (Å²) in [5.74, 6) is 1.51. The normalized spacial score (nSPS) is 28.3. The van der Waals surface area contributed by atoms with Crippen molar-refractivity contribution in [2.75, 3.05) is 6.61 Å². The number of aromatic nitrogens is 1. The first-order valence-corrected chi connectivity index (χ1v) is 12.1. The van der Waals surface area contributed by atoms with E-state index < -0.39 is 0 Å². The van der Waals surface area contributed by atoms with Gasteiger partial charge in [-0.25, -0.2) is 4.39 Å². The predicted molar refractivity (Wildman–Crippen MR) is 124 cm³/mol. The van der Waals surface area contributed by atoms with E-state index in [9.17, 15) is 9.18 Å². The first-order valence-electron chi connectivity index (χ1n) is 12.1. The number of carbonyl (C=O) groups is 1. The Morgan fingerprint density at radius 3 is 2.94 bits per heavy atom. The van der Waals surface area contributed by atoms with E-state index in [0.29, 0.717) is 30.8 Å². The van der Waals surface area contributed by atoms with E-state index in [1.807, 2.05) is 13.1 Å². The van der Waals surface area contributed by atoms with Gasteiger partial charge in [0, 0.05) is 12.6 Å².